The minimum Gasteiger partial charge on any atom is -0.467 e. The molecule has 0 saturated carbocycles. The lowest BCUT2D eigenvalue weighted by atomic mass is 10.0. The minimum atomic E-state index is -0.633. The summed E-state index contributed by atoms with van der Waals surface area (Å²) >= 11 is 0. The van der Waals surface area contributed by atoms with Gasteiger partial charge in [-0.15, -0.1) is 0 Å². The van der Waals surface area contributed by atoms with Gasteiger partial charge < -0.3 is 19.6 Å². The van der Waals surface area contributed by atoms with Gasteiger partial charge in [0.05, 0.1) is 19.1 Å². The zero-order valence-corrected chi connectivity index (χ0v) is 15.8. The van der Waals surface area contributed by atoms with Crippen LogP contribution in [0, 0.1) is 0 Å². The summed E-state index contributed by atoms with van der Waals surface area (Å²) in [6.45, 7) is 5.78. The number of aromatic amines is 1. The molecule has 3 heterocycles. The molecule has 2 N–H and O–H groups in total. The summed E-state index contributed by atoms with van der Waals surface area (Å²) in [5, 5.41) is 4.70. The second-order valence-corrected chi connectivity index (χ2v) is 7.79. The van der Waals surface area contributed by atoms with E-state index in [0.29, 0.717) is 12.1 Å². The van der Waals surface area contributed by atoms with E-state index in [9.17, 15) is 9.59 Å². The van der Waals surface area contributed by atoms with Gasteiger partial charge >= 0.3 is 5.97 Å². The van der Waals surface area contributed by atoms with Gasteiger partial charge in [0.25, 0.3) is 5.91 Å². The van der Waals surface area contributed by atoms with Crippen LogP contribution in [0.25, 0.3) is 22.2 Å². The van der Waals surface area contributed by atoms with Crippen LogP contribution < -0.4 is 5.32 Å². The van der Waals surface area contributed by atoms with Crippen molar-refractivity contribution in [3.05, 3.63) is 42.0 Å². The lowest BCUT2D eigenvalue weighted by molar-refractivity contribution is -0.144. The first-order valence-corrected chi connectivity index (χ1v) is 8.87. The Bertz CT molecular complexity index is 1060. The van der Waals surface area contributed by atoms with Crippen LogP contribution >= 0.6 is 0 Å². The van der Waals surface area contributed by atoms with Crippen molar-refractivity contribution in [2.45, 2.75) is 38.8 Å². The summed E-state index contributed by atoms with van der Waals surface area (Å²) in [7, 11) is 1.36. The first-order valence-electron chi connectivity index (χ1n) is 8.87. The Balaban J connectivity index is 2.05. The molecule has 0 unspecified atom stereocenters. The predicted octanol–water partition coefficient (Wildman–Crippen LogP) is 2.83. The fraction of sp³-hybridized carbons (Fsp3) is 0.350. The Kier molecular flexibility index (Phi) is 3.83. The summed E-state index contributed by atoms with van der Waals surface area (Å²) in [5.41, 5.74) is 2.45. The quantitative estimate of drug-likeness (QED) is 0.683. The van der Waals surface area contributed by atoms with Gasteiger partial charge in [-0.05, 0) is 20.8 Å². The molecule has 0 spiro atoms. The third kappa shape index (κ3) is 2.70. The Hall–Kier alpha value is -3.09. The molecule has 7 heteroatoms. The van der Waals surface area contributed by atoms with Gasteiger partial charge in [0, 0.05) is 28.4 Å². The summed E-state index contributed by atoms with van der Waals surface area (Å²) in [5.74, 6) is -0.612. The number of carbonyl (C=O) groups is 2. The molecule has 1 aliphatic rings. The van der Waals surface area contributed by atoms with E-state index in [0.717, 1.165) is 27.9 Å². The molecular formula is C20H22N4O3. The summed E-state index contributed by atoms with van der Waals surface area (Å²) in [6, 6.07) is 7.03. The van der Waals surface area contributed by atoms with E-state index >= 15 is 0 Å². The van der Waals surface area contributed by atoms with Crippen LogP contribution in [0.4, 0.5) is 0 Å². The number of carbonyl (C=O) groups excluding carboxylic acids is 2. The molecule has 7 nitrogen and oxygen atoms in total. The number of imidazole rings is 1. The van der Waals surface area contributed by atoms with Gasteiger partial charge in [-0.2, -0.15) is 0 Å². The normalized spacial score (nSPS) is 15.9. The summed E-state index contributed by atoms with van der Waals surface area (Å²) < 4.78 is 6.84. The largest absolute Gasteiger partial charge is 0.467 e. The topological polar surface area (TPSA) is 89.0 Å². The van der Waals surface area contributed by atoms with Crippen LogP contribution in [-0.2, 0) is 16.0 Å². The van der Waals surface area contributed by atoms with Crippen LogP contribution in [0.2, 0.25) is 0 Å². The smallest absolute Gasteiger partial charge is 0.329 e. The van der Waals surface area contributed by atoms with Gasteiger partial charge in [0.1, 0.15) is 17.4 Å². The minimum absolute atomic E-state index is 0.224. The molecule has 140 valence electrons. The highest BCUT2D eigenvalue weighted by Crippen LogP contribution is 2.42. The average molecular weight is 366 g/mol. The van der Waals surface area contributed by atoms with Crippen molar-refractivity contribution in [1.82, 2.24) is 19.9 Å². The predicted molar refractivity (Wildman–Crippen MR) is 101 cm³/mol. The molecule has 1 aromatic carbocycles. The van der Waals surface area contributed by atoms with E-state index in [1.807, 2.05) is 45.0 Å². The molecule has 0 aliphatic carbocycles. The van der Waals surface area contributed by atoms with Crippen molar-refractivity contribution in [2.24, 2.45) is 0 Å². The number of benzene rings is 1. The van der Waals surface area contributed by atoms with Gasteiger partial charge in [-0.25, -0.2) is 9.78 Å². The fourth-order valence-corrected chi connectivity index (χ4v) is 3.74. The van der Waals surface area contributed by atoms with Gasteiger partial charge in [0.15, 0.2) is 0 Å². The van der Waals surface area contributed by atoms with E-state index in [2.05, 4.69) is 15.3 Å². The third-order valence-electron chi connectivity index (χ3n) is 4.75. The molecule has 1 aliphatic heterocycles. The number of hydrogen-bond donors (Lipinski definition) is 2. The zero-order chi connectivity index (χ0) is 19.3. The van der Waals surface area contributed by atoms with E-state index in [1.165, 1.54) is 7.11 Å². The monoisotopic (exact) mass is 366 g/mol. The molecule has 4 rings (SSSR count). The van der Waals surface area contributed by atoms with Crippen LogP contribution in [0.3, 0.4) is 0 Å². The number of aromatic nitrogens is 3. The highest BCUT2D eigenvalue weighted by Gasteiger charge is 2.38. The van der Waals surface area contributed by atoms with Gasteiger partial charge in [-0.3, -0.25) is 4.79 Å². The fourth-order valence-electron chi connectivity index (χ4n) is 3.74. The standard InChI is InChI=1S/C20H22N4O3/c1-20(2,3)23-18(25)17-12-8-6-5-7-11(12)16-15-13(21-10-22-15)9-14(24(16)17)19(26)27-4/h5-8,10,14H,9H2,1-4H3,(H,21,22)(H,23,25)/t14-/m0/s1. The van der Waals surface area contributed by atoms with Crippen molar-refractivity contribution in [3.63, 3.8) is 0 Å². The second-order valence-electron chi connectivity index (χ2n) is 7.79. The van der Waals surface area contributed by atoms with Crippen LogP contribution in [0.1, 0.15) is 43.0 Å². The number of hydrogen-bond acceptors (Lipinski definition) is 4. The van der Waals surface area contributed by atoms with E-state index < -0.39 is 11.6 Å². The Morgan fingerprint density at radius 1 is 1.26 bits per heavy atom. The second kappa shape index (κ2) is 5.97. The molecule has 1 amide bonds. The number of nitrogens with one attached hydrogen (secondary N) is 2. The average Bonchev–Trinajstić information content (AvgIpc) is 3.20. The van der Waals surface area contributed by atoms with E-state index in [-0.39, 0.29) is 11.9 Å². The number of rotatable bonds is 2. The first kappa shape index (κ1) is 17.3. The first-order chi connectivity index (χ1) is 12.8. The molecular weight excluding hydrogens is 344 g/mol. The summed E-state index contributed by atoms with van der Waals surface area (Å²) in [4.78, 5) is 33.4. The lowest BCUT2D eigenvalue weighted by Gasteiger charge is -2.27. The molecule has 3 aromatic rings. The van der Waals surface area contributed by atoms with Gasteiger partial charge in [0.2, 0.25) is 0 Å². The number of nitrogens with zero attached hydrogens (tertiary/aromatic N) is 2. The van der Waals surface area contributed by atoms with Crippen LogP contribution in [-0.4, -0.2) is 39.1 Å². The van der Waals surface area contributed by atoms with E-state index in [4.69, 9.17) is 4.74 Å². The number of esters is 1. The molecule has 0 fully saturated rings. The van der Waals surface area contributed by atoms with E-state index in [1.54, 1.807) is 10.9 Å². The van der Waals surface area contributed by atoms with Crippen LogP contribution in [0.5, 0.6) is 0 Å². The molecule has 2 aromatic heterocycles. The van der Waals surface area contributed by atoms with Crippen molar-refractivity contribution in [1.29, 1.82) is 0 Å². The Morgan fingerprint density at radius 2 is 1.96 bits per heavy atom. The van der Waals surface area contributed by atoms with Crippen molar-refractivity contribution in [3.8, 4) is 11.4 Å². The molecule has 27 heavy (non-hydrogen) atoms. The highest BCUT2D eigenvalue weighted by atomic mass is 16.5. The third-order valence-corrected chi connectivity index (χ3v) is 4.75. The maximum absolute atomic E-state index is 13.2. The van der Waals surface area contributed by atoms with Gasteiger partial charge in [-0.1, -0.05) is 24.3 Å². The van der Waals surface area contributed by atoms with Crippen molar-refractivity contribution >= 4 is 22.6 Å². The highest BCUT2D eigenvalue weighted by molar-refractivity contribution is 6.12. The zero-order valence-electron chi connectivity index (χ0n) is 15.8. The number of methoxy groups -OCH3 is 1. The van der Waals surface area contributed by atoms with Crippen molar-refractivity contribution < 1.29 is 14.3 Å². The lowest BCUT2D eigenvalue weighted by Crippen LogP contribution is -2.42. The molecule has 0 saturated heterocycles. The van der Waals surface area contributed by atoms with Crippen molar-refractivity contribution in [2.75, 3.05) is 7.11 Å². The number of H-pyrrole nitrogens is 1. The molecule has 0 radical (unpaired) electrons. The SMILES string of the molecule is COC(=O)[C@@H]1Cc2[nH]cnc2-c2c3ccccc3c(C(=O)NC(C)(C)C)n21. The Labute approximate surface area is 156 Å². The Morgan fingerprint density at radius 3 is 2.63 bits per heavy atom. The maximum Gasteiger partial charge on any atom is 0.329 e. The number of fused-ring (bicyclic) bond motifs is 5. The number of ether oxygens (including phenoxy) is 1. The molecule has 1 atom stereocenters. The molecule has 0 bridgehead atoms. The summed E-state index contributed by atoms with van der Waals surface area (Å²) in [6.07, 6.45) is 2.01. The maximum atomic E-state index is 13.2. The van der Waals surface area contributed by atoms with Crippen LogP contribution in [0.15, 0.2) is 30.6 Å². The number of amides is 1.